The van der Waals surface area contributed by atoms with Crippen molar-refractivity contribution < 1.29 is 65.7 Å². The molecule has 0 heterocycles. The molecule has 0 unspecified atom stereocenters. The number of rotatable bonds is 9. The van der Waals surface area contributed by atoms with Gasteiger partial charge in [-0.15, -0.1) is 0 Å². The molecule has 0 aliphatic heterocycles. The maximum absolute atomic E-state index is 11.6. The maximum Gasteiger partial charge on any atom is 2.00 e. The fraction of sp³-hybridized carbons (Fsp3) is 0.812. The minimum Gasteiger partial charge on any atom is -1.00 e. The first-order valence-electron chi connectivity index (χ1n) is 7.84. The van der Waals surface area contributed by atoms with Crippen LogP contribution in [0, 0.1) is 6.92 Å². The molecule has 6 nitrogen and oxygen atoms in total. The quantitative estimate of drug-likeness (QED) is 0.261. The van der Waals surface area contributed by atoms with E-state index in [9.17, 15) is 19.8 Å². The molecule has 141 valence electrons. The van der Waals surface area contributed by atoms with Gasteiger partial charge in [0.15, 0.2) is 0 Å². The van der Waals surface area contributed by atoms with Crippen LogP contribution in [0.3, 0.4) is 0 Å². The van der Waals surface area contributed by atoms with Crippen LogP contribution in [0.25, 0.3) is 0 Å². The molecule has 0 saturated carbocycles. The van der Waals surface area contributed by atoms with E-state index < -0.39 is 36.4 Å². The Morgan fingerprint density at radius 2 is 1.00 bits per heavy atom. The largest absolute Gasteiger partial charge is 2.00 e. The number of esters is 2. The van der Waals surface area contributed by atoms with Crippen molar-refractivity contribution >= 4 is 35.0 Å². The molecule has 2 atom stereocenters. The molecule has 0 aromatic heterocycles. The van der Waals surface area contributed by atoms with Crippen LogP contribution < -0.4 is 27.2 Å². The van der Waals surface area contributed by atoms with E-state index in [0.29, 0.717) is 25.7 Å². The standard InChI is InChI=1S/C14H24O6.C2H5.BrH.Mg.Zn/c1-5-9(6-2)19-13(17)11(15)12(16)14(18)20-10(7-3)8-4;1-2;;;/h9-12H,5-8H2,1-4H3;1H2,2H3;1H;;/q-2;;;+2;/p-1/t11-,12-;;;;/m1..../s1. The molecule has 1 radical (unpaired) electrons. The van der Waals surface area contributed by atoms with Gasteiger partial charge in [0.25, 0.3) is 11.9 Å². The summed E-state index contributed by atoms with van der Waals surface area (Å²) in [5, 5.41) is 23.2. The normalized spacial score (nSPS) is 11.6. The topological polar surface area (TPSA) is 98.7 Å². The van der Waals surface area contributed by atoms with Crippen molar-refractivity contribution in [2.75, 3.05) is 0 Å². The monoisotopic (exact) mass is 484 g/mol. The third-order valence-electron chi connectivity index (χ3n) is 3.13. The summed E-state index contributed by atoms with van der Waals surface area (Å²) in [5.41, 5.74) is 0. The van der Waals surface area contributed by atoms with Gasteiger partial charge in [-0.3, -0.25) is 9.59 Å². The summed E-state index contributed by atoms with van der Waals surface area (Å²) in [6.07, 6.45) is -3.15. The Morgan fingerprint density at radius 3 is 1.16 bits per heavy atom. The molecule has 0 N–H and O–H groups in total. The van der Waals surface area contributed by atoms with Crippen LogP contribution in [0.4, 0.5) is 0 Å². The third kappa shape index (κ3) is 15.5. The molecule has 0 bridgehead atoms. The number of carbonyl (C=O) groups excluding carboxylic acids is 2. The predicted molar refractivity (Wildman–Crippen MR) is 85.3 cm³/mol. The Morgan fingerprint density at radius 1 is 0.800 bits per heavy atom. The molecule has 9 heteroatoms. The maximum atomic E-state index is 11.6. The molecule has 0 amide bonds. The summed E-state index contributed by atoms with van der Waals surface area (Å²) in [4.78, 5) is 23.0. The number of carbonyl (C=O) groups is 2. The van der Waals surface area contributed by atoms with Crippen LogP contribution in [0.15, 0.2) is 0 Å². The van der Waals surface area contributed by atoms with Crippen molar-refractivity contribution in [3.63, 3.8) is 0 Å². The van der Waals surface area contributed by atoms with E-state index in [-0.39, 0.29) is 59.5 Å². The Balaban J connectivity index is -0.000000256. The van der Waals surface area contributed by atoms with Crippen LogP contribution in [0.2, 0.25) is 0 Å². The Hall–Kier alpha value is 0.730. The van der Waals surface area contributed by atoms with Gasteiger partial charge in [0.1, 0.15) is 12.2 Å². The Bertz CT molecular complexity index is 285. The van der Waals surface area contributed by atoms with Crippen molar-refractivity contribution in [3.8, 4) is 0 Å². The summed E-state index contributed by atoms with van der Waals surface area (Å²) in [5.74, 6) is -2.36. The van der Waals surface area contributed by atoms with Gasteiger partial charge in [0.05, 0.1) is 0 Å². The molecule has 0 rings (SSSR count). The summed E-state index contributed by atoms with van der Waals surface area (Å²) in [6.45, 7) is 12.2. The average molecular weight is 487 g/mol. The SMILES string of the molecule is CCC(CC)OC(=O)[C@H]([O-])[C@@H]([O-])C(=O)OC(CC)CC.[Br-].[CH2]C.[Mg+2].[Zn]. The smallest absolute Gasteiger partial charge is 1.00 e. The van der Waals surface area contributed by atoms with Crippen LogP contribution in [-0.4, -0.2) is 59.4 Å². The van der Waals surface area contributed by atoms with Gasteiger partial charge in [-0.05, 0) is 37.9 Å². The van der Waals surface area contributed by atoms with Crippen LogP contribution in [0.1, 0.15) is 60.3 Å². The molecule has 0 aliphatic carbocycles. The molecule has 0 spiro atoms. The van der Waals surface area contributed by atoms with E-state index in [1.165, 1.54) is 0 Å². The van der Waals surface area contributed by atoms with Crippen LogP contribution in [-0.2, 0) is 38.5 Å². The first-order valence-corrected chi connectivity index (χ1v) is 7.84. The molecule has 0 aliphatic rings. The predicted octanol–water partition coefficient (Wildman–Crippen LogP) is -2.63. The molecule has 0 fully saturated rings. The first-order chi connectivity index (χ1) is 10.4. The fourth-order valence-corrected chi connectivity index (χ4v) is 1.62. The number of hydrogen-bond acceptors (Lipinski definition) is 6. The molecular formula is C16H29BrMgO6Zn-. The van der Waals surface area contributed by atoms with Crippen molar-refractivity contribution in [1.82, 2.24) is 0 Å². The third-order valence-corrected chi connectivity index (χ3v) is 3.13. The van der Waals surface area contributed by atoms with Crippen molar-refractivity contribution in [1.29, 1.82) is 0 Å². The number of hydrogen-bond donors (Lipinski definition) is 0. The van der Waals surface area contributed by atoms with Crippen LogP contribution in [0.5, 0.6) is 0 Å². The number of halogens is 1. The molecule has 0 saturated heterocycles. The van der Waals surface area contributed by atoms with Gasteiger partial charge in [0.2, 0.25) is 0 Å². The second-order valence-electron chi connectivity index (χ2n) is 4.59. The van der Waals surface area contributed by atoms with Gasteiger partial charge in [-0.2, -0.15) is 0 Å². The second kappa shape index (κ2) is 22.8. The fourth-order valence-electron chi connectivity index (χ4n) is 1.62. The summed E-state index contributed by atoms with van der Waals surface area (Å²) in [6, 6.07) is 0. The van der Waals surface area contributed by atoms with E-state index in [4.69, 9.17) is 9.47 Å². The number of ether oxygens (including phenoxy) is 2. The minimum absolute atomic E-state index is 0. The van der Waals surface area contributed by atoms with Gasteiger partial charge >= 0.3 is 23.1 Å². The minimum atomic E-state index is -2.28. The van der Waals surface area contributed by atoms with E-state index in [1.807, 2.05) is 0 Å². The zero-order valence-corrected chi connectivity index (χ0v) is 22.1. The van der Waals surface area contributed by atoms with Gasteiger partial charge in [-0.1, -0.05) is 41.5 Å². The van der Waals surface area contributed by atoms with Gasteiger partial charge in [-0.25, -0.2) is 0 Å². The molecule has 0 aromatic carbocycles. The summed E-state index contributed by atoms with van der Waals surface area (Å²) in [7, 11) is 0. The molecule has 25 heavy (non-hydrogen) atoms. The zero-order chi connectivity index (χ0) is 17.7. The second-order valence-corrected chi connectivity index (χ2v) is 4.59. The van der Waals surface area contributed by atoms with E-state index in [0.717, 1.165) is 0 Å². The van der Waals surface area contributed by atoms with Gasteiger partial charge in [0, 0.05) is 19.5 Å². The van der Waals surface area contributed by atoms with Crippen molar-refractivity contribution in [2.45, 2.75) is 84.7 Å². The first kappa shape index (κ1) is 36.6. The zero-order valence-electron chi connectivity index (χ0n) is 16.1. The Labute approximate surface area is 191 Å². The van der Waals surface area contributed by atoms with E-state index in [1.54, 1.807) is 34.6 Å². The van der Waals surface area contributed by atoms with Crippen LogP contribution >= 0.6 is 0 Å². The van der Waals surface area contributed by atoms with E-state index >= 15 is 0 Å². The average Bonchev–Trinajstić information content (AvgIpc) is 2.57. The van der Waals surface area contributed by atoms with Crippen molar-refractivity contribution in [2.24, 2.45) is 0 Å². The Kier molecular flexibility index (Phi) is 33.4. The van der Waals surface area contributed by atoms with Gasteiger partial charge < -0.3 is 36.7 Å². The van der Waals surface area contributed by atoms with E-state index in [2.05, 4.69) is 6.92 Å². The van der Waals surface area contributed by atoms with Crippen molar-refractivity contribution in [3.05, 3.63) is 6.92 Å². The summed E-state index contributed by atoms with van der Waals surface area (Å²) >= 11 is 0. The molecular weight excluding hydrogens is 458 g/mol. The summed E-state index contributed by atoms with van der Waals surface area (Å²) < 4.78 is 9.76. The molecule has 0 aromatic rings.